The summed E-state index contributed by atoms with van der Waals surface area (Å²) in [6.45, 7) is 6.23. The maximum Gasteiger partial charge on any atom is 0.306 e. The summed E-state index contributed by atoms with van der Waals surface area (Å²) in [6, 6.07) is 0. The first-order chi connectivity index (χ1) is 6.24. The van der Waals surface area contributed by atoms with Gasteiger partial charge in [0.05, 0.1) is 0 Å². The van der Waals surface area contributed by atoms with Gasteiger partial charge in [0.25, 0.3) is 0 Å². The molecule has 0 radical (unpaired) electrons. The standard InChI is InChI=1S/C11H22O2/c1-4-7-8-9-11(12)13-10(5-2)6-3/h10H,4-9H2,1-3H3. The van der Waals surface area contributed by atoms with Crippen LogP contribution < -0.4 is 0 Å². The van der Waals surface area contributed by atoms with Gasteiger partial charge in [-0.15, -0.1) is 0 Å². The highest BCUT2D eigenvalue weighted by Crippen LogP contribution is 2.07. The maximum atomic E-state index is 11.2. The predicted molar refractivity (Wildman–Crippen MR) is 54.6 cm³/mol. The van der Waals surface area contributed by atoms with Crippen LogP contribution in [0.2, 0.25) is 0 Å². The first-order valence-corrected chi connectivity index (χ1v) is 5.44. The Balaban J connectivity index is 3.48. The van der Waals surface area contributed by atoms with E-state index in [9.17, 15) is 4.79 Å². The first-order valence-electron chi connectivity index (χ1n) is 5.44. The lowest BCUT2D eigenvalue weighted by atomic mass is 10.2. The molecular formula is C11H22O2. The zero-order valence-corrected chi connectivity index (χ0v) is 9.14. The van der Waals surface area contributed by atoms with Crippen LogP contribution >= 0.6 is 0 Å². The molecule has 0 bridgehead atoms. The Morgan fingerprint density at radius 3 is 2.23 bits per heavy atom. The van der Waals surface area contributed by atoms with Crippen LogP contribution in [0.15, 0.2) is 0 Å². The molecule has 0 fully saturated rings. The Bertz CT molecular complexity index is 128. The van der Waals surface area contributed by atoms with Gasteiger partial charge in [0.1, 0.15) is 6.10 Å². The molecule has 0 aliphatic carbocycles. The number of hydrogen-bond acceptors (Lipinski definition) is 2. The highest BCUT2D eigenvalue weighted by Gasteiger charge is 2.09. The molecule has 0 spiro atoms. The van der Waals surface area contributed by atoms with Crippen LogP contribution in [0, 0.1) is 0 Å². The zero-order chi connectivity index (χ0) is 10.1. The number of carbonyl (C=O) groups excluding carboxylic acids is 1. The van der Waals surface area contributed by atoms with Gasteiger partial charge in [-0.3, -0.25) is 4.79 Å². The fourth-order valence-corrected chi connectivity index (χ4v) is 1.22. The minimum atomic E-state index is -0.0258. The average Bonchev–Trinajstić information content (AvgIpc) is 2.14. The Morgan fingerprint density at radius 1 is 1.15 bits per heavy atom. The molecule has 0 aromatic rings. The number of ether oxygens (including phenoxy) is 1. The second-order valence-electron chi connectivity index (χ2n) is 3.39. The molecule has 0 rings (SSSR count). The van der Waals surface area contributed by atoms with Gasteiger partial charge in [-0.1, -0.05) is 33.6 Å². The number of esters is 1. The molecule has 0 heterocycles. The molecule has 0 amide bonds. The summed E-state index contributed by atoms with van der Waals surface area (Å²) in [4.78, 5) is 11.2. The third-order valence-corrected chi connectivity index (χ3v) is 2.19. The number of carbonyl (C=O) groups is 1. The zero-order valence-electron chi connectivity index (χ0n) is 9.14. The van der Waals surface area contributed by atoms with Gasteiger partial charge < -0.3 is 4.74 Å². The van der Waals surface area contributed by atoms with Gasteiger partial charge in [-0.2, -0.15) is 0 Å². The maximum absolute atomic E-state index is 11.2. The van der Waals surface area contributed by atoms with Crippen molar-refractivity contribution >= 4 is 5.97 Å². The van der Waals surface area contributed by atoms with E-state index in [-0.39, 0.29) is 12.1 Å². The van der Waals surface area contributed by atoms with Crippen molar-refractivity contribution < 1.29 is 9.53 Å². The Labute approximate surface area is 81.7 Å². The third-order valence-electron chi connectivity index (χ3n) is 2.19. The predicted octanol–water partition coefficient (Wildman–Crippen LogP) is 3.30. The lowest BCUT2D eigenvalue weighted by molar-refractivity contribution is -0.149. The Hall–Kier alpha value is -0.530. The van der Waals surface area contributed by atoms with Crippen LogP contribution in [0.4, 0.5) is 0 Å². The van der Waals surface area contributed by atoms with E-state index in [0.717, 1.165) is 32.1 Å². The summed E-state index contributed by atoms with van der Waals surface area (Å²) in [6.07, 6.45) is 5.82. The molecule has 0 aliphatic heterocycles. The second kappa shape index (κ2) is 8.09. The van der Waals surface area contributed by atoms with E-state index in [4.69, 9.17) is 4.74 Å². The van der Waals surface area contributed by atoms with Crippen molar-refractivity contribution in [3.63, 3.8) is 0 Å². The summed E-state index contributed by atoms with van der Waals surface area (Å²) in [5.41, 5.74) is 0. The number of rotatable bonds is 7. The van der Waals surface area contributed by atoms with Gasteiger partial charge in [0.15, 0.2) is 0 Å². The van der Waals surface area contributed by atoms with Gasteiger partial charge in [0.2, 0.25) is 0 Å². The minimum Gasteiger partial charge on any atom is -0.462 e. The van der Waals surface area contributed by atoms with Crippen molar-refractivity contribution in [3.8, 4) is 0 Å². The quantitative estimate of drug-likeness (QED) is 0.450. The smallest absolute Gasteiger partial charge is 0.306 e. The van der Waals surface area contributed by atoms with Gasteiger partial charge in [-0.05, 0) is 19.3 Å². The van der Waals surface area contributed by atoms with Crippen LogP contribution in [0.5, 0.6) is 0 Å². The van der Waals surface area contributed by atoms with E-state index in [1.165, 1.54) is 0 Å². The molecule has 0 saturated heterocycles. The average molecular weight is 186 g/mol. The summed E-state index contributed by atoms with van der Waals surface area (Å²) >= 11 is 0. The second-order valence-corrected chi connectivity index (χ2v) is 3.39. The van der Waals surface area contributed by atoms with Crippen molar-refractivity contribution in [1.29, 1.82) is 0 Å². The lowest BCUT2D eigenvalue weighted by Gasteiger charge is -2.13. The molecule has 0 saturated carbocycles. The monoisotopic (exact) mass is 186 g/mol. The molecule has 78 valence electrons. The third kappa shape index (κ3) is 6.62. The molecule has 0 atom stereocenters. The SMILES string of the molecule is CCCCCC(=O)OC(CC)CC. The molecular weight excluding hydrogens is 164 g/mol. The van der Waals surface area contributed by atoms with E-state index < -0.39 is 0 Å². The van der Waals surface area contributed by atoms with Crippen LogP contribution in [-0.4, -0.2) is 12.1 Å². The van der Waals surface area contributed by atoms with Crippen molar-refractivity contribution in [2.24, 2.45) is 0 Å². The number of hydrogen-bond donors (Lipinski definition) is 0. The molecule has 0 aromatic carbocycles. The van der Waals surface area contributed by atoms with E-state index in [1.54, 1.807) is 0 Å². The highest BCUT2D eigenvalue weighted by molar-refractivity contribution is 5.69. The van der Waals surface area contributed by atoms with Gasteiger partial charge in [-0.25, -0.2) is 0 Å². The fourth-order valence-electron chi connectivity index (χ4n) is 1.22. The highest BCUT2D eigenvalue weighted by atomic mass is 16.5. The van der Waals surface area contributed by atoms with Crippen LogP contribution in [0.25, 0.3) is 0 Å². The van der Waals surface area contributed by atoms with E-state index >= 15 is 0 Å². The Morgan fingerprint density at radius 2 is 1.77 bits per heavy atom. The van der Waals surface area contributed by atoms with Crippen LogP contribution in [0.1, 0.15) is 59.3 Å². The van der Waals surface area contributed by atoms with Crippen molar-refractivity contribution in [3.05, 3.63) is 0 Å². The normalized spacial score (nSPS) is 10.5. The summed E-state index contributed by atoms with van der Waals surface area (Å²) in [7, 11) is 0. The van der Waals surface area contributed by atoms with Gasteiger partial charge >= 0.3 is 5.97 Å². The molecule has 2 heteroatoms. The van der Waals surface area contributed by atoms with E-state index in [0.29, 0.717) is 6.42 Å². The molecule has 2 nitrogen and oxygen atoms in total. The largest absolute Gasteiger partial charge is 0.462 e. The van der Waals surface area contributed by atoms with Crippen molar-refractivity contribution in [2.45, 2.75) is 65.4 Å². The van der Waals surface area contributed by atoms with E-state index in [2.05, 4.69) is 6.92 Å². The first kappa shape index (κ1) is 12.5. The van der Waals surface area contributed by atoms with Gasteiger partial charge in [0, 0.05) is 6.42 Å². The molecule has 0 aromatic heterocycles. The summed E-state index contributed by atoms with van der Waals surface area (Å²) in [5, 5.41) is 0. The molecule has 0 aliphatic rings. The fraction of sp³-hybridized carbons (Fsp3) is 0.909. The lowest BCUT2D eigenvalue weighted by Crippen LogP contribution is -2.16. The summed E-state index contributed by atoms with van der Waals surface area (Å²) < 4.78 is 5.26. The van der Waals surface area contributed by atoms with Crippen molar-refractivity contribution in [1.82, 2.24) is 0 Å². The Kier molecular flexibility index (Phi) is 7.76. The molecule has 0 N–H and O–H groups in total. The van der Waals surface area contributed by atoms with Crippen LogP contribution in [0.3, 0.4) is 0 Å². The van der Waals surface area contributed by atoms with Crippen molar-refractivity contribution in [2.75, 3.05) is 0 Å². The molecule has 0 unspecified atom stereocenters. The van der Waals surface area contributed by atoms with E-state index in [1.807, 2.05) is 13.8 Å². The number of unbranched alkanes of at least 4 members (excludes halogenated alkanes) is 2. The topological polar surface area (TPSA) is 26.3 Å². The molecule has 13 heavy (non-hydrogen) atoms. The minimum absolute atomic E-state index is 0.0258. The van der Waals surface area contributed by atoms with Crippen LogP contribution in [-0.2, 0) is 9.53 Å². The summed E-state index contributed by atoms with van der Waals surface area (Å²) in [5.74, 6) is -0.0258.